The maximum atomic E-state index is 12.6. The second-order valence-electron chi connectivity index (χ2n) is 5.81. The molecule has 2 heteroatoms. The number of rotatable bonds is 1. The lowest BCUT2D eigenvalue weighted by Crippen LogP contribution is -2.19. The van der Waals surface area contributed by atoms with E-state index in [1.165, 1.54) is 5.56 Å². The van der Waals surface area contributed by atoms with Crippen LogP contribution in [0.25, 0.3) is 0 Å². The van der Waals surface area contributed by atoms with Gasteiger partial charge in [0.2, 0.25) is 0 Å². The number of nitrogens with zero attached hydrogens (tertiary/aromatic N) is 1. The van der Waals surface area contributed by atoms with Crippen molar-refractivity contribution >= 4 is 11.5 Å². The molecule has 2 aromatic carbocycles. The van der Waals surface area contributed by atoms with Crippen LogP contribution in [-0.2, 0) is 0 Å². The molecule has 1 atom stereocenters. The first kappa shape index (κ1) is 12.9. The molecule has 1 aliphatic rings. The topological polar surface area (TPSA) is 20.3 Å². The number of carbonyl (C=O) groups excluding carboxylic acids is 1. The average molecular weight is 265 g/mol. The van der Waals surface area contributed by atoms with Gasteiger partial charge in [-0.1, -0.05) is 30.7 Å². The van der Waals surface area contributed by atoms with Crippen molar-refractivity contribution in [2.75, 3.05) is 19.0 Å². The number of ketones is 1. The van der Waals surface area contributed by atoms with Gasteiger partial charge in [-0.3, -0.25) is 4.79 Å². The molecule has 0 radical (unpaired) electrons. The van der Waals surface area contributed by atoms with E-state index in [9.17, 15) is 4.79 Å². The standard InChI is InChI=1S/C18H19NO/c1-11-5-7-14-16(9-11)12(2)17-10-13(19(3)4)6-8-15(17)18(14)20/h5-10,12H,1-4H3. The maximum Gasteiger partial charge on any atom is 0.193 e. The molecule has 2 nitrogen and oxygen atoms in total. The fourth-order valence-corrected chi connectivity index (χ4v) is 2.95. The number of carbonyl (C=O) groups is 1. The van der Waals surface area contributed by atoms with Gasteiger partial charge in [0, 0.05) is 36.8 Å². The van der Waals surface area contributed by atoms with Crippen LogP contribution in [0.5, 0.6) is 0 Å². The van der Waals surface area contributed by atoms with Crippen LogP contribution >= 0.6 is 0 Å². The van der Waals surface area contributed by atoms with Crippen molar-refractivity contribution in [3.63, 3.8) is 0 Å². The van der Waals surface area contributed by atoms with Gasteiger partial charge in [-0.15, -0.1) is 0 Å². The van der Waals surface area contributed by atoms with Crippen LogP contribution in [0.2, 0.25) is 0 Å². The first-order valence-corrected chi connectivity index (χ1v) is 6.95. The molecular formula is C18H19NO. The third kappa shape index (κ3) is 1.83. The molecule has 20 heavy (non-hydrogen) atoms. The minimum atomic E-state index is 0.151. The fraction of sp³-hybridized carbons (Fsp3) is 0.278. The van der Waals surface area contributed by atoms with Crippen LogP contribution < -0.4 is 4.90 Å². The third-order valence-electron chi connectivity index (χ3n) is 4.18. The summed E-state index contributed by atoms with van der Waals surface area (Å²) in [5.74, 6) is 0.413. The molecule has 0 N–H and O–H groups in total. The molecule has 0 fully saturated rings. The molecule has 0 bridgehead atoms. The highest BCUT2D eigenvalue weighted by Gasteiger charge is 2.28. The summed E-state index contributed by atoms with van der Waals surface area (Å²) >= 11 is 0. The smallest absolute Gasteiger partial charge is 0.193 e. The Morgan fingerprint density at radius 3 is 2.20 bits per heavy atom. The molecule has 0 amide bonds. The molecule has 0 aliphatic heterocycles. The van der Waals surface area contributed by atoms with Gasteiger partial charge in [0.05, 0.1) is 0 Å². The first-order chi connectivity index (χ1) is 9.49. The van der Waals surface area contributed by atoms with Crippen molar-refractivity contribution in [3.05, 3.63) is 64.2 Å². The van der Waals surface area contributed by atoms with E-state index in [1.807, 2.05) is 38.4 Å². The van der Waals surface area contributed by atoms with Crippen molar-refractivity contribution in [1.29, 1.82) is 0 Å². The molecule has 1 aliphatic carbocycles. The fourth-order valence-electron chi connectivity index (χ4n) is 2.95. The van der Waals surface area contributed by atoms with Crippen molar-refractivity contribution in [3.8, 4) is 0 Å². The SMILES string of the molecule is Cc1ccc2c(c1)C(C)c1cc(N(C)C)ccc1C2=O. The minimum Gasteiger partial charge on any atom is -0.378 e. The molecule has 3 rings (SSSR count). The molecule has 0 heterocycles. The predicted molar refractivity (Wildman–Crippen MR) is 82.9 cm³/mol. The van der Waals surface area contributed by atoms with E-state index < -0.39 is 0 Å². The number of hydrogen-bond donors (Lipinski definition) is 0. The second kappa shape index (κ2) is 4.48. The summed E-state index contributed by atoms with van der Waals surface area (Å²) in [5.41, 5.74) is 6.33. The molecule has 0 aromatic heterocycles. The van der Waals surface area contributed by atoms with E-state index >= 15 is 0 Å². The Balaban J connectivity index is 2.21. The lowest BCUT2D eigenvalue weighted by molar-refractivity contribution is 0.103. The third-order valence-corrected chi connectivity index (χ3v) is 4.18. The predicted octanol–water partition coefficient (Wildman–Crippen LogP) is 3.76. The molecule has 0 saturated carbocycles. The number of benzene rings is 2. The van der Waals surface area contributed by atoms with Crippen LogP contribution in [0.4, 0.5) is 5.69 Å². The highest BCUT2D eigenvalue weighted by molar-refractivity contribution is 6.13. The van der Waals surface area contributed by atoms with Crippen LogP contribution in [0.15, 0.2) is 36.4 Å². The molecule has 0 spiro atoms. The number of hydrogen-bond acceptors (Lipinski definition) is 2. The average Bonchev–Trinajstić information content (AvgIpc) is 2.44. The van der Waals surface area contributed by atoms with Gasteiger partial charge in [-0.05, 0) is 36.2 Å². The van der Waals surface area contributed by atoms with Gasteiger partial charge in [0.25, 0.3) is 0 Å². The van der Waals surface area contributed by atoms with Gasteiger partial charge in [-0.2, -0.15) is 0 Å². The lowest BCUT2D eigenvalue weighted by Gasteiger charge is -2.26. The number of fused-ring (bicyclic) bond motifs is 2. The Morgan fingerprint density at radius 2 is 1.55 bits per heavy atom. The Morgan fingerprint density at radius 1 is 0.950 bits per heavy atom. The van der Waals surface area contributed by atoms with E-state index in [4.69, 9.17) is 0 Å². The van der Waals surface area contributed by atoms with Crippen LogP contribution in [0.1, 0.15) is 45.5 Å². The van der Waals surface area contributed by atoms with Gasteiger partial charge in [0.15, 0.2) is 5.78 Å². The van der Waals surface area contributed by atoms with Gasteiger partial charge in [-0.25, -0.2) is 0 Å². The zero-order chi connectivity index (χ0) is 14.4. The Labute approximate surface area is 120 Å². The Bertz CT molecular complexity index is 701. The summed E-state index contributed by atoms with van der Waals surface area (Å²) in [7, 11) is 4.05. The van der Waals surface area contributed by atoms with Crippen LogP contribution in [0.3, 0.4) is 0 Å². The van der Waals surface area contributed by atoms with Crippen molar-refractivity contribution < 1.29 is 4.79 Å². The minimum absolute atomic E-state index is 0.151. The van der Waals surface area contributed by atoms with Gasteiger partial charge < -0.3 is 4.90 Å². The first-order valence-electron chi connectivity index (χ1n) is 6.95. The van der Waals surface area contributed by atoms with E-state index in [1.54, 1.807) is 0 Å². The summed E-state index contributed by atoms with van der Waals surface area (Å²) < 4.78 is 0. The molecular weight excluding hydrogens is 246 g/mol. The van der Waals surface area contributed by atoms with E-state index in [0.717, 1.165) is 27.9 Å². The molecule has 102 valence electrons. The Hall–Kier alpha value is -2.09. The number of aryl methyl sites for hydroxylation is 1. The van der Waals surface area contributed by atoms with Crippen molar-refractivity contribution in [2.24, 2.45) is 0 Å². The lowest BCUT2D eigenvalue weighted by atomic mass is 9.77. The van der Waals surface area contributed by atoms with Crippen LogP contribution in [0, 0.1) is 6.92 Å². The van der Waals surface area contributed by atoms with Crippen molar-refractivity contribution in [2.45, 2.75) is 19.8 Å². The maximum absolute atomic E-state index is 12.6. The summed E-state index contributed by atoms with van der Waals surface area (Å²) in [6.45, 7) is 4.26. The normalized spacial score (nSPS) is 16.6. The Kier molecular flexibility index (Phi) is 2.89. The quantitative estimate of drug-likeness (QED) is 0.782. The summed E-state index contributed by atoms with van der Waals surface area (Å²) in [6.07, 6.45) is 0. The van der Waals surface area contributed by atoms with Gasteiger partial charge >= 0.3 is 0 Å². The second-order valence-corrected chi connectivity index (χ2v) is 5.81. The van der Waals surface area contributed by atoms with Gasteiger partial charge in [0.1, 0.15) is 0 Å². The highest BCUT2D eigenvalue weighted by Crippen LogP contribution is 2.38. The molecule has 0 saturated heterocycles. The summed E-state index contributed by atoms with van der Waals surface area (Å²) in [5, 5.41) is 0. The van der Waals surface area contributed by atoms with E-state index in [-0.39, 0.29) is 11.7 Å². The number of anilines is 1. The summed E-state index contributed by atoms with van der Waals surface area (Å²) in [6, 6.07) is 12.2. The zero-order valence-corrected chi connectivity index (χ0v) is 12.4. The molecule has 1 unspecified atom stereocenters. The van der Waals surface area contributed by atoms with E-state index in [2.05, 4.69) is 30.9 Å². The zero-order valence-electron chi connectivity index (χ0n) is 12.4. The monoisotopic (exact) mass is 265 g/mol. The molecule has 2 aromatic rings. The van der Waals surface area contributed by atoms with Crippen LogP contribution in [-0.4, -0.2) is 19.9 Å². The van der Waals surface area contributed by atoms with E-state index in [0.29, 0.717) is 0 Å². The summed E-state index contributed by atoms with van der Waals surface area (Å²) in [4.78, 5) is 14.7. The largest absolute Gasteiger partial charge is 0.378 e. The highest BCUT2D eigenvalue weighted by atomic mass is 16.1. The van der Waals surface area contributed by atoms with Crippen molar-refractivity contribution in [1.82, 2.24) is 0 Å².